The largest absolute Gasteiger partial charge is 0.378 e. The van der Waals surface area contributed by atoms with Gasteiger partial charge in [0.25, 0.3) is 0 Å². The molecule has 0 fully saturated rings. The number of pyridine rings is 1. The topological polar surface area (TPSA) is 16.1 Å². The van der Waals surface area contributed by atoms with Gasteiger partial charge in [-0.3, -0.25) is 4.98 Å². The lowest BCUT2D eigenvalue weighted by atomic mass is 10.2. The van der Waals surface area contributed by atoms with Crippen LogP contribution in [-0.4, -0.2) is 19.1 Å². The van der Waals surface area contributed by atoms with Crippen molar-refractivity contribution in [3.05, 3.63) is 23.5 Å². The van der Waals surface area contributed by atoms with E-state index in [0.717, 1.165) is 12.8 Å². The quantitative estimate of drug-likeness (QED) is 0.706. The highest BCUT2D eigenvalue weighted by molar-refractivity contribution is 5.47. The number of aryl methyl sites for hydroxylation is 2. The Labute approximate surface area is 80.6 Å². The highest BCUT2D eigenvalue weighted by Gasteiger charge is 2.01. The van der Waals surface area contributed by atoms with E-state index in [0.29, 0.717) is 0 Å². The fourth-order valence-corrected chi connectivity index (χ4v) is 1.25. The van der Waals surface area contributed by atoms with Crippen LogP contribution < -0.4 is 4.90 Å². The van der Waals surface area contributed by atoms with E-state index in [9.17, 15) is 0 Å². The summed E-state index contributed by atoms with van der Waals surface area (Å²) in [6.07, 6.45) is 2.02. The van der Waals surface area contributed by atoms with Crippen LogP contribution >= 0.6 is 0 Å². The van der Waals surface area contributed by atoms with Crippen LogP contribution in [0, 0.1) is 0 Å². The molecular weight excluding hydrogens is 160 g/mol. The summed E-state index contributed by atoms with van der Waals surface area (Å²) in [5, 5.41) is 0. The molecule has 0 amide bonds. The molecule has 0 unspecified atom stereocenters. The first-order valence-corrected chi connectivity index (χ1v) is 4.84. The first-order valence-electron chi connectivity index (χ1n) is 4.84. The number of hydrogen-bond donors (Lipinski definition) is 0. The van der Waals surface area contributed by atoms with Gasteiger partial charge in [0, 0.05) is 31.2 Å². The molecule has 0 bridgehead atoms. The van der Waals surface area contributed by atoms with Crippen molar-refractivity contribution >= 4 is 5.69 Å². The van der Waals surface area contributed by atoms with Gasteiger partial charge in [-0.15, -0.1) is 0 Å². The van der Waals surface area contributed by atoms with E-state index in [1.807, 2.05) is 0 Å². The van der Waals surface area contributed by atoms with Gasteiger partial charge in [0.15, 0.2) is 0 Å². The molecule has 0 aliphatic heterocycles. The average molecular weight is 178 g/mol. The lowest BCUT2D eigenvalue weighted by molar-refractivity contribution is 0.945. The predicted molar refractivity (Wildman–Crippen MR) is 57.3 cm³/mol. The molecule has 0 saturated heterocycles. The van der Waals surface area contributed by atoms with Gasteiger partial charge < -0.3 is 4.90 Å². The summed E-state index contributed by atoms with van der Waals surface area (Å²) in [6.45, 7) is 4.28. The van der Waals surface area contributed by atoms with Crippen LogP contribution in [0.5, 0.6) is 0 Å². The third kappa shape index (κ3) is 2.44. The maximum Gasteiger partial charge on any atom is 0.0424 e. The summed E-state index contributed by atoms with van der Waals surface area (Å²) in [5.74, 6) is 0. The van der Waals surface area contributed by atoms with Gasteiger partial charge in [-0.1, -0.05) is 13.8 Å². The Morgan fingerprint density at radius 1 is 1.08 bits per heavy atom. The molecule has 0 saturated carbocycles. The van der Waals surface area contributed by atoms with Crippen LogP contribution in [0.2, 0.25) is 0 Å². The molecule has 2 heteroatoms. The normalized spacial score (nSPS) is 10.2. The molecule has 0 radical (unpaired) electrons. The van der Waals surface area contributed by atoms with Crippen LogP contribution in [0.3, 0.4) is 0 Å². The second-order valence-corrected chi connectivity index (χ2v) is 3.41. The van der Waals surface area contributed by atoms with Gasteiger partial charge in [0.1, 0.15) is 0 Å². The van der Waals surface area contributed by atoms with Gasteiger partial charge in [0.2, 0.25) is 0 Å². The monoisotopic (exact) mass is 178 g/mol. The van der Waals surface area contributed by atoms with Gasteiger partial charge in [-0.05, 0) is 25.0 Å². The summed E-state index contributed by atoms with van der Waals surface area (Å²) >= 11 is 0. The maximum absolute atomic E-state index is 4.53. The highest BCUT2D eigenvalue weighted by Crippen LogP contribution is 2.15. The number of anilines is 1. The fraction of sp³-hybridized carbons (Fsp3) is 0.545. The van der Waals surface area contributed by atoms with E-state index >= 15 is 0 Å². The van der Waals surface area contributed by atoms with E-state index in [1.54, 1.807) is 0 Å². The van der Waals surface area contributed by atoms with Crippen LogP contribution in [0.4, 0.5) is 5.69 Å². The Balaban J connectivity index is 3.07. The Morgan fingerprint density at radius 2 is 1.54 bits per heavy atom. The molecule has 0 spiro atoms. The van der Waals surface area contributed by atoms with Crippen molar-refractivity contribution in [1.82, 2.24) is 4.98 Å². The van der Waals surface area contributed by atoms with E-state index in [-0.39, 0.29) is 0 Å². The summed E-state index contributed by atoms with van der Waals surface area (Å²) in [7, 11) is 4.13. The van der Waals surface area contributed by atoms with Gasteiger partial charge in [-0.2, -0.15) is 0 Å². The van der Waals surface area contributed by atoms with Crippen molar-refractivity contribution in [2.24, 2.45) is 0 Å². The molecule has 0 aliphatic rings. The Morgan fingerprint density at radius 3 is 1.85 bits per heavy atom. The SMILES string of the molecule is CCc1cc(N(C)C)cc(CC)n1. The van der Waals surface area contributed by atoms with E-state index in [4.69, 9.17) is 0 Å². The standard InChI is InChI=1S/C11H18N2/c1-5-9-7-11(13(3)4)8-10(6-2)12-9/h7-8H,5-6H2,1-4H3. The van der Waals surface area contributed by atoms with Crippen molar-refractivity contribution < 1.29 is 0 Å². The van der Waals surface area contributed by atoms with Crippen LogP contribution in [0.1, 0.15) is 25.2 Å². The molecular formula is C11H18N2. The molecule has 1 aromatic heterocycles. The molecule has 0 aromatic carbocycles. The molecule has 13 heavy (non-hydrogen) atoms. The molecule has 2 nitrogen and oxygen atoms in total. The summed E-state index contributed by atoms with van der Waals surface area (Å²) in [6, 6.07) is 4.30. The number of nitrogens with zero attached hydrogens (tertiary/aromatic N) is 2. The third-order valence-electron chi connectivity index (χ3n) is 2.16. The van der Waals surface area contributed by atoms with Crippen molar-refractivity contribution in [1.29, 1.82) is 0 Å². The maximum atomic E-state index is 4.53. The van der Waals surface area contributed by atoms with Crippen molar-refractivity contribution in [2.75, 3.05) is 19.0 Å². The first-order chi connectivity index (χ1) is 6.17. The molecule has 0 aliphatic carbocycles. The summed E-state index contributed by atoms with van der Waals surface area (Å²) in [4.78, 5) is 6.65. The van der Waals surface area contributed by atoms with E-state index in [2.05, 4.69) is 50.0 Å². The zero-order valence-corrected chi connectivity index (χ0v) is 8.96. The first kappa shape index (κ1) is 10.0. The molecule has 72 valence electrons. The summed E-state index contributed by atoms with van der Waals surface area (Å²) < 4.78 is 0. The van der Waals surface area contributed by atoms with Crippen LogP contribution in [0.15, 0.2) is 12.1 Å². The number of aromatic nitrogens is 1. The molecule has 1 rings (SSSR count). The average Bonchev–Trinajstić information content (AvgIpc) is 2.16. The zero-order valence-electron chi connectivity index (χ0n) is 8.96. The van der Waals surface area contributed by atoms with Crippen molar-refractivity contribution in [3.63, 3.8) is 0 Å². The minimum absolute atomic E-state index is 1.01. The summed E-state index contributed by atoms with van der Waals surface area (Å²) in [5.41, 5.74) is 3.62. The Hall–Kier alpha value is -1.05. The molecule has 0 N–H and O–H groups in total. The fourth-order valence-electron chi connectivity index (χ4n) is 1.25. The Kier molecular flexibility index (Phi) is 3.29. The van der Waals surface area contributed by atoms with E-state index in [1.165, 1.54) is 17.1 Å². The number of rotatable bonds is 3. The van der Waals surface area contributed by atoms with Crippen LogP contribution in [-0.2, 0) is 12.8 Å². The van der Waals surface area contributed by atoms with Crippen molar-refractivity contribution in [3.8, 4) is 0 Å². The zero-order chi connectivity index (χ0) is 9.84. The minimum atomic E-state index is 1.01. The molecule has 1 heterocycles. The predicted octanol–water partition coefficient (Wildman–Crippen LogP) is 2.27. The van der Waals surface area contributed by atoms with Crippen LogP contribution in [0.25, 0.3) is 0 Å². The second kappa shape index (κ2) is 4.26. The minimum Gasteiger partial charge on any atom is -0.378 e. The third-order valence-corrected chi connectivity index (χ3v) is 2.16. The molecule has 1 aromatic rings. The smallest absolute Gasteiger partial charge is 0.0424 e. The lowest BCUT2D eigenvalue weighted by Crippen LogP contribution is -2.10. The molecule has 0 atom stereocenters. The lowest BCUT2D eigenvalue weighted by Gasteiger charge is -2.14. The highest BCUT2D eigenvalue weighted by atomic mass is 15.1. The second-order valence-electron chi connectivity index (χ2n) is 3.41. The van der Waals surface area contributed by atoms with Gasteiger partial charge in [-0.25, -0.2) is 0 Å². The van der Waals surface area contributed by atoms with Gasteiger partial charge in [0.05, 0.1) is 0 Å². The Bertz CT molecular complexity index is 257. The van der Waals surface area contributed by atoms with Crippen molar-refractivity contribution in [2.45, 2.75) is 26.7 Å². The number of hydrogen-bond acceptors (Lipinski definition) is 2. The van der Waals surface area contributed by atoms with Gasteiger partial charge >= 0.3 is 0 Å². The van der Waals surface area contributed by atoms with E-state index < -0.39 is 0 Å².